The van der Waals surface area contributed by atoms with E-state index in [2.05, 4.69) is 12.3 Å². The summed E-state index contributed by atoms with van der Waals surface area (Å²) in [4.78, 5) is 1.25. The molecule has 1 rings (SSSR count). The van der Waals surface area contributed by atoms with Gasteiger partial charge in [0.05, 0.1) is 0 Å². The molecular formula is C8H8S2. The molecule has 0 aliphatic rings. The van der Waals surface area contributed by atoms with Crippen LogP contribution in [0.2, 0.25) is 0 Å². The molecule has 0 saturated carbocycles. The van der Waals surface area contributed by atoms with Crippen molar-refractivity contribution in [1.29, 1.82) is 0 Å². The zero-order valence-electron chi connectivity index (χ0n) is 5.70. The van der Waals surface area contributed by atoms with Crippen molar-refractivity contribution in [2.75, 3.05) is 6.26 Å². The Morgan fingerprint density at radius 1 is 1.40 bits per heavy atom. The molecule has 0 bridgehead atoms. The summed E-state index contributed by atoms with van der Waals surface area (Å²) in [5, 5.41) is 1.71. The van der Waals surface area contributed by atoms with E-state index in [4.69, 9.17) is 12.2 Å². The van der Waals surface area contributed by atoms with E-state index in [-0.39, 0.29) is 0 Å². The van der Waals surface area contributed by atoms with Gasteiger partial charge in [0, 0.05) is 10.3 Å². The Morgan fingerprint density at radius 3 is 2.60 bits per heavy atom. The van der Waals surface area contributed by atoms with Crippen molar-refractivity contribution < 1.29 is 0 Å². The van der Waals surface area contributed by atoms with Gasteiger partial charge >= 0.3 is 0 Å². The summed E-state index contributed by atoms with van der Waals surface area (Å²) in [6.45, 7) is 0. The van der Waals surface area contributed by atoms with Crippen molar-refractivity contribution >= 4 is 29.3 Å². The van der Waals surface area contributed by atoms with Gasteiger partial charge in [0.25, 0.3) is 0 Å². The van der Waals surface area contributed by atoms with Gasteiger partial charge < -0.3 is 0 Å². The van der Waals surface area contributed by atoms with Crippen molar-refractivity contribution in [1.82, 2.24) is 0 Å². The number of hydrogen-bond donors (Lipinski definition) is 0. The molecular weight excluding hydrogens is 160 g/mol. The maximum Gasteiger partial charge on any atom is 0.0150 e. The van der Waals surface area contributed by atoms with Gasteiger partial charge in [-0.05, 0) is 17.9 Å². The lowest BCUT2D eigenvalue weighted by molar-refractivity contribution is 1.45. The molecule has 10 heavy (non-hydrogen) atoms. The maximum absolute atomic E-state index is 4.83. The SMILES string of the molecule is CSc1ccccc1C=S. The lowest BCUT2D eigenvalue weighted by Gasteiger charge is -1.98. The fraction of sp³-hybridized carbons (Fsp3) is 0.125. The molecule has 2 heteroatoms. The zero-order valence-corrected chi connectivity index (χ0v) is 7.34. The first-order valence-electron chi connectivity index (χ1n) is 2.96. The maximum atomic E-state index is 4.83. The average molecular weight is 168 g/mol. The standard InChI is InChI=1S/C8H8S2/c1-10-8-5-3-2-4-7(8)6-9/h2-6H,1H3. The van der Waals surface area contributed by atoms with E-state index in [1.165, 1.54) is 4.90 Å². The monoisotopic (exact) mass is 168 g/mol. The first-order chi connectivity index (χ1) is 4.88. The van der Waals surface area contributed by atoms with E-state index in [1.54, 1.807) is 17.1 Å². The Labute approximate surface area is 70.6 Å². The van der Waals surface area contributed by atoms with E-state index in [1.807, 2.05) is 18.2 Å². The van der Waals surface area contributed by atoms with Crippen LogP contribution in [0, 0.1) is 0 Å². The fourth-order valence-electron chi connectivity index (χ4n) is 0.764. The quantitative estimate of drug-likeness (QED) is 0.492. The number of thioether (sulfide) groups is 1. The number of benzene rings is 1. The lowest BCUT2D eigenvalue weighted by Crippen LogP contribution is -1.80. The van der Waals surface area contributed by atoms with Gasteiger partial charge in [0.2, 0.25) is 0 Å². The van der Waals surface area contributed by atoms with Crippen LogP contribution >= 0.6 is 24.0 Å². The molecule has 1 aromatic rings. The molecule has 0 fully saturated rings. The Balaban J connectivity index is 3.08. The van der Waals surface area contributed by atoms with Gasteiger partial charge in [0.15, 0.2) is 0 Å². The smallest absolute Gasteiger partial charge is 0.0150 e. The predicted octanol–water partition coefficient (Wildman–Crippen LogP) is 2.76. The fourth-order valence-corrected chi connectivity index (χ4v) is 1.62. The number of thiocarbonyl (C=S) groups is 1. The van der Waals surface area contributed by atoms with Gasteiger partial charge in [-0.25, -0.2) is 0 Å². The Morgan fingerprint density at radius 2 is 2.10 bits per heavy atom. The highest BCUT2D eigenvalue weighted by atomic mass is 32.2. The first kappa shape index (κ1) is 7.76. The molecule has 0 unspecified atom stereocenters. The van der Waals surface area contributed by atoms with Gasteiger partial charge in [-0.1, -0.05) is 30.4 Å². The summed E-state index contributed by atoms with van der Waals surface area (Å²) in [6.07, 6.45) is 2.05. The summed E-state index contributed by atoms with van der Waals surface area (Å²) in [6, 6.07) is 8.12. The van der Waals surface area contributed by atoms with Crippen LogP contribution in [0.3, 0.4) is 0 Å². The minimum Gasteiger partial charge on any atom is -0.129 e. The third-order valence-electron chi connectivity index (χ3n) is 1.27. The molecule has 0 aliphatic heterocycles. The second-order valence-electron chi connectivity index (χ2n) is 1.86. The molecule has 0 aromatic heterocycles. The lowest BCUT2D eigenvalue weighted by atomic mass is 10.2. The van der Waals surface area contributed by atoms with E-state index in [0.29, 0.717) is 0 Å². The summed E-state index contributed by atoms with van der Waals surface area (Å²) in [5.41, 5.74) is 1.14. The summed E-state index contributed by atoms with van der Waals surface area (Å²) < 4.78 is 0. The molecule has 0 radical (unpaired) electrons. The second kappa shape index (κ2) is 3.74. The van der Waals surface area contributed by atoms with Crippen LogP contribution in [0.5, 0.6) is 0 Å². The van der Waals surface area contributed by atoms with Gasteiger partial charge in [-0.3, -0.25) is 0 Å². The van der Waals surface area contributed by atoms with Crippen molar-refractivity contribution in [3.63, 3.8) is 0 Å². The molecule has 0 heterocycles. The van der Waals surface area contributed by atoms with Crippen LogP contribution in [0.25, 0.3) is 0 Å². The molecule has 0 saturated heterocycles. The molecule has 0 atom stereocenters. The highest BCUT2D eigenvalue weighted by Crippen LogP contribution is 2.17. The van der Waals surface area contributed by atoms with Crippen LogP contribution in [0.15, 0.2) is 29.2 Å². The Bertz CT molecular complexity index is 230. The van der Waals surface area contributed by atoms with Crippen molar-refractivity contribution in [2.45, 2.75) is 4.90 Å². The normalized spacial score (nSPS) is 9.30. The van der Waals surface area contributed by atoms with E-state index in [9.17, 15) is 0 Å². The summed E-state index contributed by atoms with van der Waals surface area (Å²) >= 11 is 6.56. The van der Waals surface area contributed by atoms with Crippen LogP contribution in [-0.4, -0.2) is 11.6 Å². The largest absolute Gasteiger partial charge is 0.129 e. The van der Waals surface area contributed by atoms with Crippen molar-refractivity contribution in [3.8, 4) is 0 Å². The second-order valence-corrected chi connectivity index (χ2v) is 2.94. The Hall–Kier alpha value is -0.340. The van der Waals surface area contributed by atoms with Gasteiger partial charge in [0.1, 0.15) is 0 Å². The summed E-state index contributed by atoms with van der Waals surface area (Å²) in [7, 11) is 0. The molecule has 1 aromatic carbocycles. The third-order valence-corrected chi connectivity index (χ3v) is 2.33. The van der Waals surface area contributed by atoms with Crippen LogP contribution in [-0.2, 0) is 0 Å². The molecule has 52 valence electrons. The van der Waals surface area contributed by atoms with Gasteiger partial charge in [-0.2, -0.15) is 0 Å². The molecule has 0 nitrogen and oxygen atoms in total. The van der Waals surface area contributed by atoms with E-state index >= 15 is 0 Å². The van der Waals surface area contributed by atoms with E-state index in [0.717, 1.165) is 5.56 Å². The van der Waals surface area contributed by atoms with Gasteiger partial charge in [-0.15, -0.1) is 11.8 Å². The highest BCUT2D eigenvalue weighted by Gasteiger charge is 1.93. The van der Waals surface area contributed by atoms with Crippen molar-refractivity contribution in [3.05, 3.63) is 29.8 Å². The first-order valence-corrected chi connectivity index (χ1v) is 4.66. The van der Waals surface area contributed by atoms with Crippen LogP contribution in [0.4, 0.5) is 0 Å². The molecule has 0 N–H and O–H groups in total. The topological polar surface area (TPSA) is 0 Å². The highest BCUT2D eigenvalue weighted by molar-refractivity contribution is 7.98. The average Bonchev–Trinajstić information content (AvgIpc) is 2.04. The van der Waals surface area contributed by atoms with Crippen molar-refractivity contribution in [2.24, 2.45) is 0 Å². The van der Waals surface area contributed by atoms with Crippen LogP contribution < -0.4 is 0 Å². The summed E-state index contributed by atoms with van der Waals surface area (Å²) in [5.74, 6) is 0. The van der Waals surface area contributed by atoms with E-state index < -0.39 is 0 Å². The predicted molar refractivity (Wildman–Crippen MR) is 51.0 cm³/mol. The van der Waals surface area contributed by atoms with Crippen LogP contribution in [0.1, 0.15) is 5.56 Å². The third kappa shape index (κ3) is 1.58. The minimum absolute atomic E-state index is 1.14. The Kier molecular flexibility index (Phi) is 2.90. The number of hydrogen-bond acceptors (Lipinski definition) is 2. The zero-order chi connectivity index (χ0) is 7.40. The minimum atomic E-state index is 1.14. The molecule has 0 spiro atoms. The molecule has 0 amide bonds. The molecule has 0 aliphatic carbocycles. The number of rotatable bonds is 2.